The quantitative estimate of drug-likeness (QED) is 0.874. The van der Waals surface area contributed by atoms with Gasteiger partial charge >= 0.3 is 0 Å². The molecular formula is C12H16Cl2N2. The van der Waals surface area contributed by atoms with Crippen molar-refractivity contribution in [3.05, 3.63) is 28.2 Å². The van der Waals surface area contributed by atoms with Crippen LogP contribution in [0.15, 0.2) is 18.2 Å². The van der Waals surface area contributed by atoms with E-state index in [2.05, 4.69) is 24.2 Å². The molecule has 1 heterocycles. The third-order valence-corrected chi connectivity index (χ3v) is 3.56. The van der Waals surface area contributed by atoms with Gasteiger partial charge in [0.25, 0.3) is 0 Å². The topological polar surface area (TPSA) is 15.3 Å². The maximum Gasteiger partial charge on any atom is 0.0441 e. The van der Waals surface area contributed by atoms with Gasteiger partial charge in [0.1, 0.15) is 0 Å². The lowest BCUT2D eigenvalue weighted by atomic mass is 10.2. The van der Waals surface area contributed by atoms with E-state index in [4.69, 9.17) is 23.2 Å². The highest BCUT2D eigenvalue weighted by Crippen LogP contribution is 2.25. The lowest BCUT2D eigenvalue weighted by Gasteiger charge is -2.14. The number of hydrogen-bond acceptors (Lipinski definition) is 2. The van der Waals surface area contributed by atoms with Gasteiger partial charge in [0, 0.05) is 34.4 Å². The molecule has 0 aromatic heterocycles. The average molecular weight is 259 g/mol. The molecule has 0 amide bonds. The first-order valence-corrected chi connectivity index (χ1v) is 6.23. The molecule has 0 aliphatic carbocycles. The molecule has 1 aromatic carbocycles. The van der Waals surface area contributed by atoms with Crippen LogP contribution in [0.5, 0.6) is 0 Å². The molecule has 0 saturated carbocycles. The predicted octanol–water partition coefficient (Wildman–Crippen LogP) is 3.50. The van der Waals surface area contributed by atoms with E-state index in [1.165, 1.54) is 0 Å². The van der Waals surface area contributed by atoms with Crippen molar-refractivity contribution in [2.24, 2.45) is 0 Å². The number of benzene rings is 1. The van der Waals surface area contributed by atoms with Gasteiger partial charge in [0.05, 0.1) is 0 Å². The second-order valence-electron chi connectivity index (χ2n) is 4.52. The first kappa shape index (κ1) is 12.0. The average Bonchev–Trinajstić information content (AvgIpc) is 2.43. The van der Waals surface area contributed by atoms with Gasteiger partial charge in [-0.2, -0.15) is 0 Å². The SMILES string of the molecule is CC1CC(Nc2cc(Cl)cc(Cl)c2)CN1C. The van der Waals surface area contributed by atoms with E-state index in [1.807, 2.05) is 12.1 Å². The van der Waals surface area contributed by atoms with Crippen LogP contribution in [0.25, 0.3) is 0 Å². The molecule has 1 aromatic rings. The van der Waals surface area contributed by atoms with Gasteiger partial charge in [-0.1, -0.05) is 23.2 Å². The van der Waals surface area contributed by atoms with Gasteiger partial charge in [-0.15, -0.1) is 0 Å². The second-order valence-corrected chi connectivity index (χ2v) is 5.40. The Morgan fingerprint density at radius 1 is 1.25 bits per heavy atom. The Kier molecular flexibility index (Phi) is 3.63. The highest BCUT2D eigenvalue weighted by molar-refractivity contribution is 6.35. The smallest absolute Gasteiger partial charge is 0.0441 e. The summed E-state index contributed by atoms with van der Waals surface area (Å²) < 4.78 is 0. The molecule has 0 bridgehead atoms. The molecule has 0 radical (unpaired) electrons. The van der Waals surface area contributed by atoms with Crippen LogP contribution < -0.4 is 5.32 Å². The fourth-order valence-corrected chi connectivity index (χ4v) is 2.70. The van der Waals surface area contributed by atoms with E-state index in [1.54, 1.807) is 6.07 Å². The summed E-state index contributed by atoms with van der Waals surface area (Å²) in [5.74, 6) is 0. The first-order chi connectivity index (χ1) is 7.54. The van der Waals surface area contributed by atoms with Crippen molar-refractivity contribution in [2.45, 2.75) is 25.4 Å². The monoisotopic (exact) mass is 258 g/mol. The Labute approximate surface area is 107 Å². The minimum Gasteiger partial charge on any atom is -0.381 e. The lowest BCUT2D eigenvalue weighted by Crippen LogP contribution is -2.24. The van der Waals surface area contributed by atoms with Crippen molar-refractivity contribution in [2.75, 3.05) is 18.9 Å². The Bertz CT molecular complexity index is 351. The maximum atomic E-state index is 5.96. The van der Waals surface area contributed by atoms with Crippen LogP contribution in [0.1, 0.15) is 13.3 Å². The minimum atomic E-state index is 0.481. The fraction of sp³-hybridized carbons (Fsp3) is 0.500. The molecule has 1 saturated heterocycles. The number of likely N-dealkylation sites (N-methyl/N-ethyl adjacent to an activating group) is 1. The Hall–Kier alpha value is -0.440. The predicted molar refractivity (Wildman–Crippen MR) is 70.6 cm³/mol. The molecule has 1 fully saturated rings. The van der Waals surface area contributed by atoms with E-state index in [9.17, 15) is 0 Å². The van der Waals surface area contributed by atoms with Crippen molar-refractivity contribution in [1.82, 2.24) is 4.90 Å². The van der Waals surface area contributed by atoms with Gasteiger partial charge in [0.2, 0.25) is 0 Å². The van der Waals surface area contributed by atoms with Crippen molar-refractivity contribution >= 4 is 28.9 Å². The Morgan fingerprint density at radius 2 is 1.88 bits per heavy atom. The first-order valence-electron chi connectivity index (χ1n) is 5.47. The van der Waals surface area contributed by atoms with Gasteiger partial charge in [0.15, 0.2) is 0 Å². The van der Waals surface area contributed by atoms with Gasteiger partial charge < -0.3 is 10.2 Å². The van der Waals surface area contributed by atoms with Crippen LogP contribution in [0.4, 0.5) is 5.69 Å². The fourth-order valence-electron chi connectivity index (χ4n) is 2.17. The molecule has 4 heteroatoms. The molecule has 2 unspecified atom stereocenters. The van der Waals surface area contributed by atoms with Crippen molar-refractivity contribution < 1.29 is 0 Å². The maximum absolute atomic E-state index is 5.96. The zero-order chi connectivity index (χ0) is 11.7. The molecule has 2 atom stereocenters. The number of anilines is 1. The number of hydrogen-bond donors (Lipinski definition) is 1. The molecule has 2 nitrogen and oxygen atoms in total. The summed E-state index contributed by atoms with van der Waals surface area (Å²) in [4.78, 5) is 2.35. The summed E-state index contributed by atoms with van der Waals surface area (Å²) in [6.07, 6.45) is 1.15. The van der Waals surface area contributed by atoms with Gasteiger partial charge in [-0.05, 0) is 38.6 Å². The number of nitrogens with zero attached hydrogens (tertiary/aromatic N) is 1. The van der Waals surface area contributed by atoms with Crippen LogP contribution in [-0.4, -0.2) is 30.6 Å². The highest BCUT2D eigenvalue weighted by atomic mass is 35.5. The summed E-state index contributed by atoms with van der Waals surface area (Å²) in [6, 6.07) is 6.69. The highest BCUT2D eigenvalue weighted by Gasteiger charge is 2.25. The Balaban J connectivity index is 2.04. The molecule has 0 spiro atoms. The third kappa shape index (κ3) is 2.82. The van der Waals surface area contributed by atoms with Gasteiger partial charge in [-0.25, -0.2) is 0 Å². The van der Waals surface area contributed by atoms with E-state index in [0.29, 0.717) is 22.1 Å². The van der Waals surface area contributed by atoms with Crippen molar-refractivity contribution in [3.8, 4) is 0 Å². The molecular weight excluding hydrogens is 243 g/mol. The molecule has 88 valence electrons. The van der Waals surface area contributed by atoms with E-state index < -0.39 is 0 Å². The molecule has 1 aliphatic rings. The number of likely N-dealkylation sites (tertiary alicyclic amines) is 1. The van der Waals surface area contributed by atoms with E-state index >= 15 is 0 Å². The van der Waals surface area contributed by atoms with Crippen molar-refractivity contribution in [1.29, 1.82) is 0 Å². The van der Waals surface area contributed by atoms with Crippen molar-refractivity contribution in [3.63, 3.8) is 0 Å². The largest absolute Gasteiger partial charge is 0.381 e. The molecule has 1 aliphatic heterocycles. The van der Waals surface area contributed by atoms with Crippen LogP contribution in [-0.2, 0) is 0 Å². The van der Waals surface area contributed by atoms with E-state index in [-0.39, 0.29) is 0 Å². The number of rotatable bonds is 2. The van der Waals surface area contributed by atoms with Gasteiger partial charge in [-0.3, -0.25) is 0 Å². The third-order valence-electron chi connectivity index (χ3n) is 3.12. The lowest BCUT2D eigenvalue weighted by molar-refractivity contribution is 0.330. The summed E-state index contributed by atoms with van der Waals surface area (Å²) in [5, 5.41) is 4.82. The van der Waals surface area contributed by atoms with Crippen LogP contribution >= 0.6 is 23.2 Å². The summed E-state index contributed by atoms with van der Waals surface area (Å²) in [5.41, 5.74) is 1.00. The molecule has 2 rings (SSSR count). The number of halogens is 2. The standard InChI is InChI=1S/C12H16Cl2N2/c1-8-3-12(7-16(8)2)15-11-5-9(13)4-10(14)6-11/h4-6,8,12,15H,3,7H2,1-2H3. The minimum absolute atomic E-state index is 0.481. The zero-order valence-corrected chi connectivity index (χ0v) is 11.0. The second kappa shape index (κ2) is 4.82. The summed E-state index contributed by atoms with van der Waals surface area (Å²) in [7, 11) is 2.15. The summed E-state index contributed by atoms with van der Waals surface area (Å²) >= 11 is 11.9. The van der Waals surface area contributed by atoms with Crippen LogP contribution in [0.2, 0.25) is 10.0 Å². The normalized spacial score (nSPS) is 26.0. The zero-order valence-electron chi connectivity index (χ0n) is 9.50. The Morgan fingerprint density at radius 3 is 2.38 bits per heavy atom. The van der Waals surface area contributed by atoms with E-state index in [0.717, 1.165) is 18.7 Å². The van der Waals surface area contributed by atoms with Crippen LogP contribution in [0.3, 0.4) is 0 Å². The summed E-state index contributed by atoms with van der Waals surface area (Å²) in [6.45, 7) is 3.30. The molecule has 16 heavy (non-hydrogen) atoms. The van der Waals surface area contributed by atoms with Crippen LogP contribution in [0, 0.1) is 0 Å². The molecule has 1 N–H and O–H groups in total. The number of nitrogens with one attached hydrogen (secondary N) is 1.